The molecule has 1 N–H and O–H groups in total. The molecule has 4 aromatic rings. The van der Waals surface area contributed by atoms with Crippen LogP contribution in [0.25, 0.3) is 28.1 Å². The number of aromatic amines is 1. The van der Waals surface area contributed by atoms with Gasteiger partial charge in [0.2, 0.25) is 0 Å². The zero-order valence-electron chi connectivity index (χ0n) is 16.0. The number of nitrogens with one attached hydrogen (secondary N) is 1. The van der Waals surface area contributed by atoms with E-state index in [0.717, 1.165) is 0 Å². The number of nitro benzene ring substituents is 1. The van der Waals surface area contributed by atoms with E-state index in [4.69, 9.17) is 11.6 Å². The monoisotopic (exact) mass is 430 g/mol. The van der Waals surface area contributed by atoms with Gasteiger partial charge in [-0.2, -0.15) is 0 Å². The highest BCUT2D eigenvalue weighted by molar-refractivity contribution is 6.31. The summed E-state index contributed by atoms with van der Waals surface area (Å²) in [5.74, 6) is -0.486. The highest BCUT2D eigenvalue weighted by Crippen LogP contribution is 2.31. The molecule has 0 aliphatic rings. The third-order valence-electron chi connectivity index (χ3n) is 4.82. The average molecular weight is 431 g/mol. The number of nitro groups is 1. The number of benzene rings is 3. The summed E-state index contributed by atoms with van der Waals surface area (Å²) in [5.41, 5.74) is 1.83. The van der Waals surface area contributed by atoms with E-state index in [2.05, 4.69) is 4.98 Å². The molecule has 0 spiro atoms. The molecule has 0 fully saturated rings. The van der Waals surface area contributed by atoms with Crippen molar-refractivity contribution in [2.45, 2.75) is 0 Å². The van der Waals surface area contributed by atoms with Crippen molar-refractivity contribution >= 4 is 40.1 Å². The van der Waals surface area contributed by atoms with Gasteiger partial charge in [0, 0.05) is 33.6 Å². The van der Waals surface area contributed by atoms with Gasteiger partial charge >= 0.3 is 0 Å². The molecule has 152 valence electrons. The normalized spacial score (nSPS) is 11.1. The van der Waals surface area contributed by atoms with Crippen LogP contribution < -0.4 is 5.56 Å². The van der Waals surface area contributed by atoms with Crippen molar-refractivity contribution in [3.63, 3.8) is 0 Å². The van der Waals surface area contributed by atoms with E-state index in [-0.39, 0.29) is 11.3 Å². The fourth-order valence-corrected chi connectivity index (χ4v) is 3.54. The number of hydrogen-bond donors (Lipinski definition) is 1. The first-order valence-corrected chi connectivity index (χ1v) is 9.69. The fourth-order valence-electron chi connectivity index (χ4n) is 3.37. The first-order chi connectivity index (χ1) is 14.9. The second kappa shape index (κ2) is 8.38. The molecule has 7 heteroatoms. The topological polar surface area (TPSA) is 93.1 Å². The van der Waals surface area contributed by atoms with Gasteiger partial charge in [-0.15, -0.1) is 0 Å². The fraction of sp³-hybridized carbons (Fsp3) is 0. The molecule has 0 aliphatic carbocycles. The molecule has 4 rings (SSSR count). The number of carbonyl (C=O) groups excluding carboxylic acids is 1. The van der Waals surface area contributed by atoms with Crippen LogP contribution in [-0.2, 0) is 0 Å². The zero-order chi connectivity index (χ0) is 22.0. The van der Waals surface area contributed by atoms with Crippen molar-refractivity contribution < 1.29 is 9.72 Å². The van der Waals surface area contributed by atoms with Crippen LogP contribution in [0.3, 0.4) is 0 Å². The van der Waals surface area contributed by atoms with Gasteiger partial charge < -0.3 is 4.98 Å². The average Bonchev–Trinajstić information content (AvgIpc) is 2.77. The predicted molar refractivity (Wildman–Crippen MR) is 121 cm³/mol. The summed E-state index contributed by atoms with van der Waals surface area (Å²) in [4.78, 5) is 39.0. The van der Waals surface area contributed by atoms with E-state index in [1.54, 1.807) is 18.2 Å². The Morgan fingerprint density at radius 2 is 1.71 bits per heavy atom. The lowest BCUT2D eigenvalue weighted by Gasteiger charge is -2.11. The number of nitrogens with zero attached hydrogens (tertiary/aromatic N) is 1. The third kappa shape index (κ3) is 4.15. The quantitative estimate of drug-likeness (QED) is 0.191. The van der Waals surface area contributed by atoms with E-state index < -0.39 is 16.3 Å². The lowest BCUT2D eigenvalue weighted by Crippen LogP contribution is -2.18. The molecule has 31 heavy (non-hydrogen) atoms. The van der Waals surface area contributed by atoms with Gasteiger partial charge in [-0.1, -0.05) is 48.0 Å². The van der Waals surface area contributed by atoms with Crippen molar-refractivity contribution in [3.05, 3.63) is 115 Å². The lowest BCUT2D eigenvalue weighted by molar-refractivity contribution is -0.384. The molecule has 0 radical (unpaired) electrons. The van der Waals surface area contributed by atoms with Crippen LogP contribution in [0.5, 0.6) is 0 Å². The van der Waals surface area contributed by atoms with Crippen LogP contribution in [0.2, 0.25) is 5.02 Å². The summed E-state index contributed by atoms with van der Waals surface area (Å²) in [6.07, 6.45) is 2.80. The molecule has 6 nitrogen and oxygen atoms in total. The van der Waals surface area contributed by atoms with E-state index in [1.165, 1.54) is 36.4 Å². The van der Waals surface area contributed by atoms with E-state index in [0.29, 0.717) is 32.6 Å². The minimum absolute atomic E-state index is 0.000807. The van der Waals surface area contributed by atoms with E-state index in [1.807, 2.05) is 30.3 Å². The summed E-state index contributed by atoms with van der Waals surface area (Å²) in [6.45, 7) is 0. The Hall–Kier alpha value is -4.03. The first-order valence-electron chi connectivity index (χ1n) is 9.32. The predicted octanol–water partition coefficient (Wildman–Crippen LogP) is 5.65. The standard InChI is InChI=1S/C24H15ClN2O4/c25-17-9-12-20-19(14-17)22(16-4-2-1-3-5-16)23(24(29)26-20)21(28)13-8-15-6-10-18(11-7-15)27(30)31/h1-14H,(H,26,29). The molecule has 0 atom stereocenters. The largest absolute Gasteiger partial charge is 0.321 e. The minimum atomic E-state index is -0.507. The van der Waals surface area contributed by atoms with Crippen molar-refractivity contribution in [2.24, 2.45) is 0 Å². The Bertz CT molecular complexity index is 1390. The molecular formula is C24H15ClN2O4. The number of aromatic nitrogens is 1. The molecule has 0 amide bonds. The van der Waals surface area contributed by atoms with Crippen molar-refractivity contribution in [2.75, 3.05) is 0 Å². The number of carbonyl (C=O) groups is 1. The maximum absolute atomic E-state index is 13.1. The highest BCUT2D eigenvalue weighted by atomic mass is 35.5. The molecule has 1 aromatic heterocycles. The number of non-ortho nitro benzene ring substituents is 1. The maximum Gasteiger partial charge on any atom is 0.269 e. The van der Waals surface area contributed by atoms with Crippen LogP contribution in [0, 0.1) is 10.1 Å². The van der Waals surface area contributed by atoms with Crippen LogP contribution in [0.15, 0.2) is 83.7 Å². The van der Waals surface area contributed by atoms with Crippen LogP contribution in [0.1, 0.15) is 15.9 Å². The maximum atomic E-state index is 13.1. The van der Waals surface area contributed by atoms with Crippen LogP contribution >= 0.6 is 11.6 Å². The third-order valence-corrected chi connectivity index (χ3v) is 5.05. The summed E-state index contributed by atoms with van der Waals surface area (Å²) in [5, 5.41) is 11.9. The van der Waals surface area contributed by atoms with Crippen molar-refractivity contribution in [1.82, 2.24) is 4.98 Å². The zero-order valence-corrected chi connectivity index (χ0v) is 16.8. The van der Waals surface area contributed by atoms with Gasteiger partial charge in [-0.05, 0) is 47.5 Å². The molecule has 0 unspecified atom stereocenters. The Labute approximate surface area is 181 Å². The summed E-state index contributed by atoms with van der Waals surface area (Å²) < 4.78 is 0. The van der Waals surface area contributed by atoms with E-state index >= 15 is 0 Å². The molecule has 0 bridgehead atoms. The molecule has 1 heterocycles. The first kappa shape index (κ1) is 20.3. The lowest BCUT2D eigenvalue weighted by atomic mass is 9.94. The number of H-pyrrole nitrogens is 1. The molecule has 3 aromatic carbocycles. The number of rotatable bonds is 5. The molecular weight excluding hydrogens is 416 g/mol. The van der Waals surface area contributed by atoms with Crippen LogP contribution in [0.4, 0.5) is 5.69 Å². The number of pyridine rings is 1. The van der Waals surface area contributed by atoms with Gasteiger partial charge in [0.25, 0.3) is 11.2 Å². The van der Waals surface area contributed by atoms with Crippen LogP contribution in [-0.4, -0.2) is 15.7 Å². The number of allylic oxidation sites excluding steroid dienone is 1. The summed E-state index contributed by atoms with van der Waals surface area (Å²) in [7, 11) is 0. The number of fused-ring (bicyclic) bond motifs is 1. The smallest absolute Gasteiger partial charge is 0.269 e. The minimum Gasteiger partial charge on any atom is -0.321 e. The second-order valence-corrected chi connectivity index (χ2v) is 7.24. The van der Waals surface area contributed by atoms with Crippen molar-refractivity contribution in [1.29, 1.82) is 0 Å². The Kier molecular flexibility index (Phi) is 5.47. The Morgan fingerprint density at radius 1 is 1.00 bits per heavy atom. The SMILES string of the molecule is O=C(C=Cc1ccc([N+](=O)[O-])cc1)c1c(-c2ccccc2)c2cc(Cl)ccc2[nH]c1=O. The van der Waals surface area contributed by atoms with Gasteiger partial charge in [-0.25, -0.2) is 0 Å². The number of halogens is 1. The van der Waals surface area contributed by atoms with Crippen molar-refractivity contribution in [3.8, 4) is 11.1 Å². The van der Waals surface area contributed by atoms with Gasteiger partial charge in [0.15, 0.2) is 5.78 Å². The van der Waals surface area contributed by atoms with Gasteiger partial charge in [0.05, 0.1) is 10.5 Å². The Morgan fingerprint density at radius 3 is 2.39 bits per heavy atom. The van der Waals surface area contributed by atoms with Gasteiger partial charge in [0.1, 0.15) is 0 Å². The summed E-state index contributed by atoms with van der Waals surface area (Å²) in [6, 6.07) is 20.0. The summed E-state index contributed by atoms with van der Waals surface area (Å²) >= 11 is 6.19. The molecule has 0 aliphatic heterocycles. The number of hydrogen-bond acceptors (Lipinski definition) is 4. The number of ketones is 1. The van der Waals surface area contributed by atoms with E-state index in [9.17, 15) is 19.7 Å². The second-order valence-electron chi connectivity index (χ2n) is 6.81. The highest BCUT2D eigenvalue weighted by Gasteiger charge is 2.19. The molecule has 0 saturated carbocycles. The molecule has 0 saturated heterocycles. The Balaban J connectivity index is 1.84. The van der Waals surface area contributed by atoms with Gasteiger partial charge in [-0.3, -0.25) is 19.7 Å².